The lowest BCUT2D eigenvalue weighted by Gasteiger charge is -2.03. The number of rotatable bonds is 0. The molecule has 0 saturated carbocycles. The van der Waals surface area contributed by atoms with Crippen molar-refractivity contribution in [2.24, 2.45) is 0 Å². The second kappa shape index (κ2) is 2.96. The monoisotopic (exact) mass is 195 g/mol. The molecule has 2 rings (SSSR count). The summed E-state index contributed by atoms with van der Waals surface area (Å²) < 4.78 is 13.3. The zero-order valence-corrected chi connectivity index (χ0v) is 7.77. The van der Waals surface area contributed by atoms with Crippen molar-refractivity contribution in [3.05, 3.63) is 40.9 Å². The Labute approximate surface area is 80.2 Å². The Hall–Kier alpha value is -1.15. The summed E-state index contributed by atoms with van der Waals surface area (Å²) in [5, 5.41) is 1.88. The Morgan fingerprint density at radius 1 is 1.46 bits per heavy atom. The summed E-state index contributed by atoms with van der Waals surface area (Å²) in [6.45, 7) is 1.71. The summed E-state index contributed by atoms with van der Waals surface area (Å²) in [5.41, 5.74) is 0.574. The third-order valence-electron chi connectivity index (χ3n) is 2.08. The topological polar surface area (TPSA) is 12.9 Å². The molecule has 0 bridgehead atoms. The molecule has 0 atom stereocenters. The Morgan fingerprint density at radius 3 is 3.00 bits per heavy atom. The minimum Gasteiger partial charge on any atom is -0.264 e. The highest BCUT2D eigenvalue weighted by Gasteiger charge is 2.07. The van der Waals surface area contributed by atoms with Crippen LogP contribution in [0.3, 0.4) is 0 Å². The molecule has 0 saturated heterocycles. The van der Waals surface area contributed by atoms with Crippen LogP contribution in [0.15, 0.2) is 24.5 Å². The summed E-state index contributed by atoms with van der Waals surface area (Å²) in [7, 11) is 0. The maximum Gasteiger partial charge on any atom is 0.145 e. The summed E-state index contributed by atoms with van der Waals surface area (Å²) in [6.07, 6.45) is 3.32. The first-order chi connectivity index (χ1) is 6.20. The average molecular weight is 196 g/mol. The van der Waals surface area contributed by atoms with Crippen LogP contribution < -0.4 is 0 Å². The third kappa shape index (κ3) is 1.27. The molecule has 13 heavy (non-hydrogen) atoms. The van der Waals surface area contributed by atoms with Crippen molar-refractivity contribution in [1.29, 1.82) is 0 Å². The van der Waals surface area contributed by atoms with Gasteiger partial charge in [0.25, 0.3) is 0 Å². The van der Waals surface area contributed by atoms with Gasteiger partial charge < -0.3 is 0 Å². The molecule has 1 aromatic carbocycles. The largest absolute Gasteiger partial charge is 0.264 e. The first-order valence-electron chi connectivity index (χ1n) is 3.88. The minimum absolute atomic E-state index is 0.151. The Morgan fingerprint density at radius 2 is 2.23 bits per heavy atom. The van der Waals surface area contributed by atoms with E-state index in [0.717, 1.165) is 10.8 Å². The van der Waals surface area contributed by atoms with E-state index in [1.165, 1.54) is 0 Å². The molecule has 0 unspecified atom stereocenters. The first-order valence-corrected chi connectivity index (χ1v) is 4.26. The van der Waals surface area contributed by atoms with E-state index in [1.807, 2.05) is 0 Å². The zero-order chi connectivity index (χ0) is 9.42. The van der Waals surface area contributed by atoms with Crippen molar-refractivity contribution in [3.63, 3.8) is 0 Å². The van der Waals surface area contributed by atoms with Crippen LogP contribution in [0.25, 0.3) is 10.8 Å². The fourth-order valence-corrected chi connectivity index (χ4v) is 1.62. The predicted molar refractivity (Wildman–Crippen MR) is 51.4 cm³/mol. The smallest absolute Gasteiger partial charge is 0.145 e. The minimum atomic E-state index is -0.347. The highest BCUT2D eigenvalue weighted by atomic mass is 35.5. The van der Waals surface area contributed by atoms with E-state index in [9.17, 15) is 4.39 Å². The van der Waals surface area contributed by atoms with Gasteiger partial charge in [-0.1, -0.05) is 11.6 Å². The van der Waals surface area contributed by atoms with Gasteiger partial charge in [0, 0.05) is 17.8 Å². The third-order valence-corrected chi connectivity index (χ3v) is 2.35. The molecular formula is C10H7ClFN. The van der Waals surface area contributed by atoms with E-state index >= 15 is 0 Å². The number of halogens is 2. The Bertz CT molecular complexity index is 468. The van der Waals surface area contributed by atoms with Crippen LogP contribution >= 0.6 is 11.6 Å². The van der Waals surface area contributed by atoms with Gasteiger partial charge >= 0.3 is 0 Å². The first kappa shape index (κ1) is 8.45. The molecule has 0 fully saturated rings. The van der Waals surface area contributed by atoms with E-state index in [4.69, 9.17) is 11.6 Å². The molecule has 66 valence electrons. The maximum absolute atomic E-state index is 13.3. The van der Waals surface area contributed by atoms with E-state index < -0.39 is 0 Å². The van der Waals surface area contributed by atoms with Crippen molar-refractivity contribution in [1.82, 2.24) is 4.98 Å². The predicted octanol–water partition coefficient (Wildman–Crippen LogP) is 3.34. The molecule has 0 spiro atoms. The van der Waals surface area contributed by atoms with Crippen molar-refractivity contribution in [3.8, 4) is 0 Å². The lowest BCUT2D eigenvalue weighted by atomic mass is 10.1. The van der Waals surface area contributed by atoms with Crippen LogP contribution in [0.5, 0.6) is 0 Å². The number of benzene rings is 1. The molecule has 0 N–H and O–H groups in total. The van der Waals surface area contributed by atoms with Crippen LogP contribution in [0.2, 0.25) is 5.02 Å². The normalized spacial score (nSPS) is 10.7. The van der Waals surface area contributed by atoms with Gasteiger partial charge in [0.1, 0.15) is 5.82 Å². The summed E-state index contributed by atoms with van der Waals surface area (Å²) in [6, 6.07) is 3.37. The summed E-state index contributed by atoms with van der Waals surface area (Å²) in [5.74, 6) is -0.347. The number of aromatic nitrogens is 1. The van der Waals surface area contributed by atoms with E-state index in [0.29, 0.717) is 5.56 Å². The fraction of sp³-hybridized carbons (Fsp3) is 0.100. The van der Waals surface area contributed by atoms with Gasteiger partial charge in [-0.2, -0.15) is 0 Å². The second-order valence-corrected chi connectivity index (χ2v) is 3.30. The van der Waals surface area contributed by atoms with Crippen LogP contribution in [-0.4, -0.2) is 4.98 Å². The lowest BCUT2D eigenvalue weighted by Crippen LogP contribution is -1.87. The molecule has 0 radical (unpaired) electrons. The van der Waals surface area contributed by atoms with Crippen molar-refractivity contribution >= 4 is 22.4 Å². The van der Waals surface area contributed by atoms with Crippen LogP contribution in [0.4, 0.5) is 4.39 Å². The molecule has 0 amide bonds. The van der Waals surface area contributed by atoms with Crippen molar-refractivity contribution < 1.29 is 4.39 Å². The molecule has 1 heterocycles. The number of hydrogen-bond acceptors (Lipinski definition) is 1. The average Bonchev–Trinajstić information content (AvgIpc) is 2.15. The molecule has 3 heteroatoms. The highest BCUT2D eigenvalue weighted by Crippen LogP contribution is 2.26. The van der Waals surface area contributed by atoms with Crippen LogP contribution in [0, 0.1) is 12.7 Å². The molecule has 0 aliphatic rings. The van der Waals surface area contributed by atoms with Gasteiger partial charge in [-0.3, -0.25) is 4.98 Å². The molecular weight excluding hydrogens is 189 g/mol. The highest BCUT2D eigenvalue weighted by molar-refractivity contribution is 6.31. The fourth-order valence-electron chi connectivity index (χ4n) is 1.36. The van der Waals surface area contributed by atoms with Gasteiger partial charge in [0.15, 0.2) is 0 Å². The zero-order valence-electron chi connectivity index (χ0n) is 7.01. The number of hydrogen-bond donors (Lipinski definition) is 0. The number of aryl methyl sites for hydroxylation is 1. The van der Waals surface area contributed by atoms with E-state index in [1.54, 1.807) is 31.5 Å². The van der Waals surface area contributed by atoms with Crippen molar-refractivity contribution in [2.45, 2.75) is 6.92 Å². The summed E-state index contributed by atoms with van der Waals surface area (Å²) >= 11 is 5.69. The number of pyridine rings is 1. The van der Waals surface area contributed by atoms with Gasteiger partial charge in [0.2, 0.25) is 0 Å². The Balaban J connectivity index is 2.94. The molecule has 1 nitrogen and oxygen atoms in total. The molecule has 1 aromatic heterocycles. The number of nitrogens with zero attached hydrogens (tertiary/aromatic N) is 1. The van der Waals surface area contributed by atoms with Crippen molar-refractivity contribution in [2.75, 3.05) is 0 Å². The molecule has 0 aliphatic heterocycles. The lowest BCUT2D eigenvalue weighted by molar-refractivity contribution is 0.621. The second-order valence-electron chi connectivity index (χ2n) is 2.89. The Kier molecular flexibility index (Phi) is 1.93. The van der Waals surface area contributed by atoms with Gasteiger partial charge in [-0.05, 0) is 30.0 Å². The SMILES string of the molecule is Cc1c(F)c(Cl)cc2cnccc12. The van der Waals surface area contributed by atoms with Crippen LogP contribution in [0.1, 0.15) is 5.56 Å². The number of fused-ring (bicyclic) bond motifs is 1. The standard InChI is InChI=1S/C10H7ClFN/c1-6-8-2-3-13-5-7(8)4-9(11)10(6)12/h2-5H,1H3. The van der Waals surface area contributed by atoms with E-state index in [2.05, 4.69) is 4.98 Å². The van der Waals surface area contributed by atoms with Gasteiger partial charge in [-0.25, -0.2) is 4.39 Å². The van der Waals surface area contributed by atoms with Crippen LogP contribution in [-0.2, 0) is 0 Å². The quantitative estimate of drug-likeness (QED) is 0.628. The molecule has 0 aliphatic carbocycles. The van der Waals surface area contributed by atoms with E-state index in [-0.39, 0.29) is 10.8 Å². The molecule has 2 aromatic rings. The maximum atomic E-state index is 13.3. The van der Waals surface area contributed by atoms with Gasteiger partial charge in [-0.15, -0.1) is 0 Å². The summed E-state index contributed by atoms with van der Waals surface area (Å²) in [4.78, 5) is 3.94. The van der Waals surface area contributed by atoms with Gasteiger partial charge in [0.05, 0.1) is 5.02 Å².